The number of rotatable bonds is 9. The fourth-order valence-electron chi connectivity index (χ4n) is 2.75. The van der Waals surface area contributed by atoms with Crippen LogP contribution in [0.15, 0.2) is 36.4 Å². The van der Waals surface area contributed by atoms with Gasteiger partial charge in [-0.3, -0.25) is 14.9 Å². The molecule has 0 saturated carbocycles. The Bertz CT molecular complexity index is 834. The van der Waals surface area contributed by atoms with E-state index in [-0.39, 0.29) is 22.7 Å². The second kappa shape index (κ2) is 9.59. The molecule has 0 atom stereocenters. The molecule has 0 aromatic heterocycles. The van der Waals surface area contributed by atoms with Gasteiger partial charge in [0.1, 0.15) is 5.56 Å². The van der Waals surface area contributed by atoms with Crippen LogP contribution in [-0.4, -0.2) is 45.7 Å². The van der Waals surface area contributed by atoms with Crippen molar-refractivity contribution in [2.45, 2.75) is 12.8 Å². The normalized spacial score (nSPS) is 10.3. The molecule has 28 heavy (non-hydrogen) atoms. The number of benzene rings is 2. The van der Waals surface area contributed by atoms with E-state index in [1.807, 2.05) is 31.1 Å². The maximum Gasteiger partial charge on any atom is 0.286 e. The summed E-state index contributed by atoms with van der Waals surface area (Å²) in [4.78, 5) is 25.2. The number of methoxy groups -OCH3 is 2. The molecule has 1 amide bonds. The maximum absolute atomic E-state index is 12.5. The second-order valence-electron chi connectivity index (χ2n) is 6.40. The number of nitro benzene ring substituents is 1. The van der Waals surface area contributed by atoms with Crippen LogP contribution in [0, 0.1) is 10.1 Å². The lowest BCUT2D eigenvalue weighted by Crippen LogP contribution is -2.25. The van der Waals surface area contributed by atoms with Gasteiger partial charge in [0.25, 0.3) is 11.6 Å². The van der Waals surface area contributed by atoms with Gasteiger partial charge in [0.05, 0.1) is 25.2 Å². The number of ether oxygens (including phenoxy) is 2. The van der Waals surface area contributed by atoms with Crippen LogP contribution in [0.4, 0.5) is 11.4 Å². The van der Waals surface area contributed by atoms with Crippen LogP contribution in [0.5, 0.6) is 11.5 Å². The highest BCUT2D eigenvalue weighted by molar-refractivity contribution is 5.99. The molecule has 0 radical (unpaired) electrons. The molecule has 0 aliphatic heterocycles. The molecular weight excluding hydrogens is 362 g/mol. The van der Waals surface area contributed by atoms with Crippen LogP contribution in [-0.2, 0) is 6.42 Å². The van der Waals surface area contributed by atoms with E-state index in [1.54, 1.807) is 0 Å². The van der Waals surface area contributed by atoms with Crippen molar-refractivity contribution in [3.63, 3.8) is 0 Å². The van der Waals surface area contributed by atoms with E-state index in [1.165, 1.54) is 26.4 Å². The molecule has 1 N–H and O–H groups in total. The van der Waals surface area contributed by atoms with Crippen molar-refractivity contribution in [1.82, 2.24) is 5.32 Å². The summed E-state index contributed by atoms with van der Waals surface area (Å²) in [5, 5.41) is 14.0. The lowest BCUT2D eigenvalue weighted by Gasteiger charge is -2.13. The molecule has 0 spiro atoms. The Morgan fingerprint density at radius 1 is 1.11 bits per heavy atom. The quantitative estimate of drug-likeness (QED) is 0.404. The van der Waals surface area contributed by atoms with Gasteiger partial charge in [-0.1, -0.05) is 12.1 Å². The topological polar surface area (TPSA) is 93.9 Å². The number of nitro groups is 1. The summed E-state index contributed by atoms with van der Waals surface area (Å²) in [6, 6.07) is 10.7. The Kier molecular flexibility index (Phi) is 7.20. The highest BCUT2D eigenvalue weighted by Crippen LogP contribution is 2.34. The second-order valence-corrected chi connectivity index (χ2v) is 6.40. The Balaban J connectivity index is 1.99. The van der Waals surface area contributed by atoms with Crippen molar-refractivity contribution < 1.29 is 19.2 Å². The van der Waals surface area contributed by atoms with Crippen molar-refractivity contribution in [3.8, 4) is 11.5 Å². The highest BCUT2D eigenvalue weighted by atomic mass is 16.6. The number of hydrogen-bond acceptors (Lipinski definition) is 6. The van der Waals surface area contributed by atoms with Gasteiger partial charge in [0.2, 0.25) is 0 Å². The lowest BCUT2D eigenvalue weighted by atomic mass is 10.1. The third kappa shape index (κ3) is 5.12. The predicted octanol–water partition coefficient (Wildman–Crippen LogP) is 3.04. The van der Waals surface area contributed by atoms with Gasteiger partial charge in [0, 0.05) is 32.4 Å². The number of carbonyl (C=O) groups excluding carboxylic acids is 1. The maximum atomic E-state index is 12.5. The van der Waals surface area contributed by atoms with Crippen molar-refractivity contribution in [2.24, 2.45) is 0 Å². The fraction of sp³-hybridized carbons (Fsp3) is 0.350. The Morgan fingerprint density at radius 2 is 1.71 bits per heavy atom. The summed E-state index contributed by atoms with van der Waals surface area (Å²) in [7, 11) is 6.76. The molecule has 2 aromatic carbocycles. The number of nitrogens with one attached hydrogen (secondary N) is 1. The van der Waals surface area contributed by atoms with Crippen LogP contribution in [0.1, 0.15) is 22.3 Å². The summed E-state index contributed by atoms with van der Waals surface area (Å²) in [6.45, 7) is 0.403. The molecule has 0 bridgehead atoms. The minimum absolute atomic E-state index is 0.0574. The van der Waals surface area contributed by atoms with Gasteiger partial charge < -0.3 is 19.7 Å². The highest BCUT2D eigenvalue weighted by Gasteiger charge is 2.24. The minimum atomic E-state index is -0.608. The lowest BCUT2D eigenvalue weighted by molar-refractivity contribution is -0.385. The molecular formula is C20H25N3O5. The van der Waals surface area contributed by atoms with Crippen LogP contribution >= 0.6 is 0 Å². The standard InChI is InChI=1S/C20H25N3O5/c1-22(2)15-9-7-14(8-10-15)6-5-11-21-20(24)16-12-18(27-3)19(28-4)13-17(16)23(25)26/h7-10,12-13H,5-6,11H2,1-4H3,(H,21,24). The fourth-order valence-corrected chi connectivity index (χ4v) is 2.75. The molecule has 0 fully saturated rings. The first kappa shape index (κ1) is 21.0. The summed E-state index contributed by atoms with van der Waals surface area (Å²) in [6.07, 6.45) is 1.51. The first-order valence-corrected chi connectivity index (χ1v) is 8.82. The van der Waals surface area contributed by atoms with Crippen molar-refractivity contribution in [2.75, 3.05) is 39.8 Å². The van der Waals surface area contributed by atoms with Crippen LogP contribution < -0.4 is 19.7 Å². The zero-order chi connectivity index (χ0) is 20.7. The third-order valence-corrected chi connectivity index (χ3v) is 4.32. The van der Waals surface area contributed by atoms with Gasteiger partial charge in [-0.25, -0.2) is 0 Å². The Labute approximate surface area is 164 Å². The van der Waals surface area contributed by atoms with Gasteiger partial charge in [-0.2, -0.15) is 0 Å². The van der Waals surface area contributed by atoms with E-state index in [0.717, 1.165) is 17.7 Å². The van der Waals surface area contributed by atoms with E-state index in [0.29, 0.717) is 13.0 Å². The number of carbonyl (C=O) groups is 1. The zero-order valence-corrected chi connectivity index (χ0v) is 16.5. The molecule has 0 saturated heterocycles. The summed E-state index contributed by atoms with van der Waals surface area (Å²) < 4.78 is 10.2. The third-order valence-electron chi connectivity index (χ3n) is 4.32. The van der Waals surface area contributed by atoms with E-state index < -0.39 is 10.8 Å². The SMILES string of the molecule is COc1cc(C(=O)NCCCc2ccc(N(C)C)cc2)c([N+](=O)[O-])cc1OC. The van der Waals surface area contributed by atoms with Crippen LogP contribution in [0.3, 0.4) is 0 Å². The molecule has 0 heterocycles. The Morgan fingerprint density at radius 3 is 2.25 bits per heavy atom. The number of anilines is 1. The average molecular weight is 387 g/mol. The van der Waals surface area contributed by atoms with Crippen molar-refractivity contribution >= 4 is 17.3 Å². The molecule has 8 heteroatoms. The molecule has 2 aromatic rings. The summed E-state index contributed by atoms with van der Waals surface area (Å²) >= 11 is 0. The van der Waals surface area contributed by atoms with Crippen LogP contribution in [0.2, 0.25) is 0 Å². The average Bonchev–Trinajstić information content (AvgIpc) is 2.70. The molecule has 0 aliphatic carbocycles. The van der Waals surface area contributed by atoms with Crippen molar-refractivity contribution in [1.29, 1.82) is 0 Å². The molecule has 0 unspecified atom stereocenters. The predicted molar refractivity (Wildman–Crippen MR) is 108 cm³/mol. The van der Waals surface area contributed by atoms with Gasteiger partial charge in [0.15, 0.2) is 11.5 Å². The zero-order valence-electron chi connectivity index (χ0n) is 16.5. The molecule has 8 nitrogen and oxygen atoms in total. The van der Waals surface area contributed by atoms with E-state index in [2.05, 4.69) is 17.4 Å². The number of hydrogen-bond donors (Lipinski definition) is 1. The smallest absolute Gasteiger partial charge is 0.286 e. The van der Waals surface area contributed by atoms with Crippen molar-refractivity contribution in [3.05, 3.63) is 57.6 Å². The van der Waals surface area contributed by atoms with Crippen LogP contribution in [0.25, 0.3) is 0 Å². The van der Waals surface area contributed by atoms with E-state index >= 15 is 0 Å². The first-order valence-electron chi connectivity index (χ1n) is 8.82. The number of aryl methyl sites for hydroxylation is 1. The summed E-state index contributed by atoms with van der Waals surface area (Å²) in [5.41, 5.74) is 1.90. The molecule has 0 aliphatic rings. The van der Waals surface area contributed by atoms with E-state index in [9.17, 15) is 14.9 Å². The van der Waals surface area contributed by atoms with Gasteiger partial charge in [-0.15, -0.1) is 0 Å². The monoisotopic (exact) mass is 387 g/mol. The number of nitrogens with zero attached hydrogens (tertiary/aromatic N) is 2. The number of amides is 1. The molecule has 150 valence electrons. The first-order chi connectivity index (χ1) is 13.4. The molecule has 2 rings (SSSR count). The Hall–Kier alpha value is -3.29. The minimum Gasteiger partial charge on any atom is -0.493 e. The van der Waals surface area contributed by atoms with E-state index in [4.69, 9.17) is 9.47 Å². The van der Waals surface area contributed by atoms with Gasteiger partial charge >= 0.3 is 0 Å². The summed E-state index contributed by atoms with van der Waals surface area (Å²) in [5.74, 6) is -0.0539. The van der Waals surface area contributed by atoms with Gasteiger partial charge in [-0.05, 0) is 30.5 Å². The largest absolute Gasteiger partial charge is 0.493 e.